The van der Waals surface area contributed by atoms with Crippen LogP contribution in [0.15, 0.2) is 81.7 Å². The van der Waals surface area contributed by atoms with Gasteiger partial charge in [-0.2, -0.15) is 0 Å². The second kappa shape index (κ2) is 9.21. The molecule has 4 aromatic rings. The van der Waals surface area contributed by atoms with Gasteiger partial charge in [0.25, 0.3) is 0 Å². The summed E-state index contributed by atoms with van der Waals surface area (Å²) in [6.07, 6.45) is 0. The minimum absolute atomic E-state index is 0.0337. The van der Waals surface area contributed by atoms with E-state index in [4.69, 9.17) is 9.47 Å². The topological polar surface area (TPSA) is 80.3 Å². The molecule has 3 aromatic carbocycles. The normalized spacial score (nSPS) is 12.1. The molecular formula is C24H20N4O3S2. The van der Waals surface area contributed by atoms with Crippen LogP contribution in [-0.4, -0.2) is 41.1 Å². The molecule has 0 fully saturated rings. The average molecular weight is 477 g/mol. The fourth-order valence-corrected chi connectivity index (χ4v) is 5.30. The van der Waals surface area contributed by atoms with Gasteiger partial charge in [-0.1, -0.05) is 47.8 Å². The van der Waals surface area contributed by atoms with Gasteiger partial charge in [0.05, 0.1) is 36.9 Å². The molecule has 1 aliphatic rings. The van der Waals surface area contributed by atoms with E-state index in [2.05, 4.69) is 15.2 Å². The summed E-state index contributed by atoms with van der Waals surface area (Å²) in [6, 6.07) is 21.4. The van der Waals surface area contributed by atoms with E-state index in [-0.39, 0.29) is 11.7 Å². The van der Waals surface area contributed by atoms with Crippen molar-refractivity contribution in [2.24, 2.45) is 0 Å². The number of benzene rings is 3. The summed E-state index contributed by atoms with van der Waals surface area (Å²) >= 11 is 2.97. The SMILES string of the molecule is COc1ccc(-c2nc(SCC(=O)N3c4ccccc4Sc4ccccc43)n[nH]2)c(OC)c1. The molecule has 5 rings (SSSR count). The van der Waals surface area contributed by atoms with Gasteiger partial charge in [-0.15, -0.1) is 5.10 Å². The number of carbonyl (C=O) groups excluding carboxylic acids is 1. The minimum atomic E-state index is -0.0337. The van der Waals surface area contributed by atoms with E-state index in [0.29, 0.717) is 22.5 Å². The second-order valence-corrected chi connectivity index (χ2v) is 9.11. The number of hydrogen-bond donors (Lipinski definition) is 1. The number of para-hydroxylation sites is 2. The lowest BCUT2D eigenvalue weighted by molar-refractivity contribution is -0.115. The summed E-state index contributed by atoms with van der Waals surface area (Å²) in [5.74, 6) is 2.04. The largest absolute Gasteiger partial charge is 0.497 e. The lowest BCUT2D eigenvalue weighted by atomic mass is 10.2. The number of thioether (sulfide) groups is 1. The summed E-state index contributed by atoms with van der Waals surface area (Å²) in [5, 5.41) is 7.71. The van der Waals surface area contributed by atoms with Gasteiger partial charge < -0.3 is 9.47 Å². The molecule has 33 heavy (non-hydrogen) atoms. The van der Waals surface area contributed by atoms with Crippen molar-refractivity contribution in [1.82, 2.24) is 15.2 Å². The van der Waals surface area contributed by atoms with Crippen LogP contribution in [0.5, 0.6) is 11.5 Å². The molecule has 0 bridgehead atoms. The van der Waals surface area contributed by atoms with Crippen molar-refractivity contribution in [1.29, 1.82) is 0 Å². The number of carbonyl (C=O) groups is 1. The van der Waals surface area contributed by atoms with Crippen molar-refractivity contribution in [2.45, 2.75) is 14.9 Å². The highest BCUT2D eigenvalue weighted by Crippen LogP contribution is 2.48. The molecule has 0 spiro atoms. The zero-order chi connectivity index (χ0) is 22.8. The Kier molecular flexibility index (Phi) is 5.97. The third-order valence-electron chi connectivity index (χ3n) is 5.14. The molecule has 166 valence electrons. The Hall–Kier alpha value is -3.43. The standard InChI is InChI=1S/C24H20N4O3S2/c1-30-15-11-12-16(19(13-15)31-2)23-25-24(27-26-23)32-14-22(29)28-17-7-3-5-9-20(17)33-21-10-6-4-8-18(21)28/h3-13H,14H2,1-2H3,(H,25,26,27). The van der Waals surface area contributed by atoms with Crippen molar-refractivity contribution in [3.8, 4) is 22.9 Å². The maximum Gasteiger partial charge on any atom is 0.242 e. The summed E-state index contributed by atoms with van der Waals surface area (Å²) in [6.45, 7) is 0. The van der Waals surface area contributed by atoms with Crippen LogP contribution in [0.3, 0.4) is 0 Å². The number of fused-ring (bicyclic) bond motifs is 2. The Morgan fingerprint density at radius 2 is 1.70 bits per heavy atom. The van der Waals surface area contributed by atoms with Gasteiger partial charge in [0.2, 0.25) is 11.1 Å². The van der Waals surface area contributed by atoms with Crippen LogP contribution >= 0.6 is 23.5 Å². The van der Waals surface area contributed by atoms with E-state index in [9.17, 15) is 4.79 Å². The van der Waals surface area contributed by atoms with E-state index >= 15 is 0 Å². The number of hydrogen-bond acceptors (Lipinski definition) is 7. The van der Waals surface area contributed by atoms with Crippen LogP contribution < -0.4 is 14.4 Å². The van der Waals surface area contributed by atoms with E-state index < -0.39 is 0 Å². The first-order chi connectivity index (χ1) is 16.2. The van der Waals surface area contributed by atoms with Gasteiger partial charge >= 0.3 is 0 Å². The first-order valence-electron chi connectivity index (χ1n) is 10.1. The van der Waals surface area contributed by atoms with Crippen LogP contribution in [0.2, 0.25) is 0 Å². The summed E-state index contributed by atoms with van der Waals surface area (Å²) < 4.78 is 10.7. The van der Waals surface area contributed by atoms with E-state index in [1.165, 1.54) is 11.8 Å². The quantitative estimate of drug-likeness (QED) is 0.373. The van der Waals surface area contributed by atoms with Crippen molar-refractivity contribution in [3.63, 3.8) is 0 Å². The summed E-state index contributed by atoms with van der Waals surface area (Å²) in [5.41, 5.74) is 2.55. The number of nitrogens with zero attached hydrogens (tertiary/aromatic N) is 3. The van der Waals surface area contributed by atoms with Crippen molar-refractivity contribution < 1.29 is 14.3 Å². The molecule has 0 unspecified atom stereocenters. The maximum absolute atomic E-state index is 13.3. The number of rotatable bonds is 6. The Balaban J connectivity index is 1.36. The van der Waals surface area contributed by atoms with Gasteiger partial charge in [-0.25, -0.2) is 4.98 Å². The number of anilines is 2. The van der Waals surface area contributed by atoms with Crippen molar-refractivity contribution in [2.75, 3.05) is 24.9 Å². The third kappa shape index (κ3) is 4.17. The Morgan fingerprint density at radius 3 is 2.36 bits per heavy atom. The van der Waals surface area contributed by atoms with Crippen molar-refractivity contribution in [3.05, 3.63) is 66.7 Å². The lowest BCUT2D eigenvalue weighted by Gasteiger charge is -2.30. The summed E-state index contributed by atoms with van der Waals surface area (Å²) in [4.78, 5) is 21.8. The number of aromatic nitrogens is 3. The molecule has 0 aliphatic carbocycles. The molecular weight excluding hydrogens is 456 g/mol. The fourth-order valence-electron chi connectivity index (χ4n) is 3.59. The second-order valence-electron chi connectivity index (χ2n) is 7.09. The first-order valence-corrected chi connectivity index (χ1v) is 11.9. The summed E-state index contributed by atoms with van der Waals surface area (Å²) in [7, 11) is 3.20. The van der Waals surface area contributed by atoms with Gasteiger partial charge in [0.15, 0.2) is 5.82 Å². The van der Waals surface area contributed by atoms with Crippen LogP contribution in [0.25, 0.3) is 11.4 Å². The number of nitrogens with one attached hydrogen (secondary N) is 1. The molecule has 0 saturated heterocycles. The van der Waals surface area contributed by atoms with Gasteiger partial charge in [-0.05, 0) is 36.4 Å². The molecule has 0 saturated carbocycles. The third-order valence-corrected chi connectivity index (χ3v) is 7.10. The van der Waals surface area contributed by atoms with Crippen LogP contribution in [0.1, 0.15) is 0 Å². The van der Waals surface area contributed by atoms with Crippen molar-refractivity contribution >= 4 is 40.8 Å². The van der Waals surface area contributed by atoms with Crippen LogP contribution in [0, 0.1) is 0 Å². The number of amides is 1. The van der Waals surface area contributed by atoms with Gasteiger partial charge in [0, 0.05) is 15.9 Å². The zero-order valence-corrected chi connectivity index (χ0v) is 19.6. The lowest BCUT2D eigenvalue weighted by Crippen LogP contribution is -2.30. The number of methoxy groups -OCH3 is 2. The van der Waals surface area contributed by atoms with Crippen LogP contribution in [-0.2, 0) is 4.79 Å². The van der Waals surface area contributed by atoms with Crippen LogP contribution in [0.4, 0.5) is 11.4 Å². The fraction of sp³-hybridized carbons (Fsp3) is 0.125. The zero-order valence-electron chi connectivity index (χ0n) is 17.9. The van der Waals surface area contributed by atoms with Gasteiger partial charge in [-0.3, -0.25) is 14.8 Å². The Morgan fingerprint density at radius 1 is 1.00 bits per heavy atom. The molecule has 0 atom stereocenters. The highest BCUT2D eigenvalue weighted by Gasteiger charge is 2.28. The van der Waals surface area contributed by atoms with E-state index in [1.807, 2.05) is 60.7 Å². The van der Waals surface area contributed by atoms with E-state index in [0.717, 1.165) is 26.7 Å². The highest BCUT2D eigenvalue weighted by atomic mass is 32.2. The molecule has 2 heterocycles. The van der Waals surface area contributed by atoms with E-state index in [1.54, 1.807) is 36.9 Å². The minimum Gasteiger partial charge on any atom is -0.497 e. The smallest absolute Gasteiger partial charge is 0.242 e. The average Bonchev–Trinajstić information content (AvgIpc) is 3.34. The molecule has 0 radical (unpaired) electrons. The monoisotopic (exact) mass is 476 g/mol. The maximum atomic E-state index is 13.3. The predicted octanol–water partition coefficient (Wildman–Crippen LogP) is 5.41. The van der Waals surface area contributed by atoms with Gasteiger partial charge in [0.1, 0.15) is 11.5 Å². The molecule has 1 amide bonds. The molecule has 9 heteroatoms. The molecule has 1 aromatic heterocycles. The number of aromatic amines is 1. The highest BCUT2D eigenvalue weighted by molar-refractivity contribution is 8.00. The predicted molar refractivity (Wildman–Crippen MR) is 130 cm³/mol. The number of ether oxygens (including phenoxy) is 2. The Labute approximate surface area is 199 Å². The first kappa shape index (κ1) is 21.4. The molecule has 1 aliphatic heterocycles. The molecule has 1 N–H and O–H groups in total. The molecule has 7 nitrogen and oxygen atoms in total. The Bertz CT molecular complexity index is 1280. The number of H-pyrrole nitrogens is 1.